The molecule has 0 aliphatic carbocycles. The Balaban J connectivity index is 4.25. The van der Waals surface area contributed by atoms with Gasteiger partial charge in [-0.05, 0) is 51.9 Å². The predicted octanol–water partition coefficient (Wildman–Crippen LogP) is 4.26. The minimum absolute atomic E-state index is 0.0912. The molecule has 0 aliphatic rings. The van der Waals surface area contributed by atoms with Crippen molar-refractivity contribution in [3.63, 3.8) is 0 Å². The zero-order chi connectivity index (χ0) is 14.6. The highest BCUT2D eigenvalue weighted by Gasteiger charge is 2.30. The van der Waals surface area contributed by atoms with E-state index in [-0.39, 0.29) is 5.60 Å². The third kappa shape index (κ3) is 5.71. The SMILES string of the molecule is CCC(CCOC(C)(C)C(C)C(C)C)C(C)(C)O. The van der Waals surface area contributed by atoms with Crippen molar-refractivity contribution in [1.29, 1.82) is 0 Å². The molecule has 0 aromatic heterocycles. The van der Waals surface area contributed by atoms with E-state index < -0.39 is 5.60 Å². The van der Waals surface area contributed by atoms with E-state index in [4.69, 9.17) is 4.74 Å². The van der Waals surface area contributed by atoms with Gasteiger partial charge in [0, 0.05) is 6.61 Å². The first-order chi connectivity index (χ1) is 8.02. The summed E-state index contributed by atoms with van der Waals surface area (Å²) >= 11 is 0. The van der Waals surface area contributed by atoms with Crippen LogP contribution in [0.1, 0.15) is 68.2 Å². The molecule has 0 saturated carbocycles. The minimum atomic E-state index is -0.605. The third-order valence-electron chi connectivity index (χ3n) is 4.53. The molecule has 0 bridgehead atoms. The van der Waals surface area contributed by atoms with E-state index in [9.17, 15) is 5.11 Å². The molecule has 0 aromatic rings. The fourth-order valence-electron chi connectivity index (χ4n) is 2.46. The molecule has 2 unspecified atom stereocenters. The van der Waals surface area contributed by atoms with Crippen molar-refractivity contribution in [3.05, 3.63) is 0 Å². The lowest BCUT2D eigenvalue weighted by atomic mass is 9.83. The van der Waals surface area contributed by atoms with Gasteiger partial charge in [-0.3, -0.25) is 0 Å². The van der Waals surface area contributed by atoms with Crippen molar-refractivity contribution in [2.75, 3.05) is 6.61 Å². The van der Waals surface area contributed by atoms with Crippen LogP contribution in [0.15, 0.2) is 0 Å². The fraction of sp³-hybridized carbons (Fsp3) is 1.00. The van der Waals surface area contributed by atoms with Gasteiger partial charge in [-0.25, -0.2) is 0 Å². The molecule has 2 atom stereocenters. The van der Waals surface area contributed by atoms with Gasteiger partial charge in [0.15, 0.2) is 0 Å². The van der Waals surface area contributed by atoms with Crippen LogP contribution in [0.3, 0.4) is 0 Å². The first kappa shape index (κ1) is 17.9. The quantitative estimate of drug-likeness (QED) is 0.705. The van der Waals surface area contributed by atoms with Gasteiger partial charge < -0.3 is 9.84 Å². The molecular weight excluding hydrogens is 224 g/mol. The van der Waals surface area contributed by atoms with Gasteiger partial charge in [-0.15, -0.1) is 0 Å². The van der Waals surface area contributed by atoms with Gasteiger partial charge in [0.25, 0.3) is 0 Å². The number of hydrogen-bond acceptors (Lipinski definition) is 2. The second-order valence-electron chi connectivity index (χ2n) is 7.03. The van der Waals surface area contributed by atoms with Crippen LogP contribution in [-0.4, -0.2) is 22.9 Å². The maximum Gasteiger partial charge on any atom is 0.0654 e. The van der Waals surface area contributed by atoms with Crippen LogP contribution in [0.4, 0.5) is 0 Å². The Morgan fingerprint density at radius 2 is 1.56 bits per heavy atom. The van der Waals surface area contributed by atoms with Crippen molar-refractivity contribution in [2.45, 2.75) is 79.4 Å². The molecule has 0 amide bonds. The molecule has 0 aliphatic heterocycles. The van der Waals surface area contributed by atoms with Crippen molar-refractivity contribution >= 4 is 0 Å². The molecule has 0 fully saturated rings. The maximum absolute atomic E-state index is 10.0. The van der Waals surface area contributed by atoms with E-state index in [2.05, 4.69) is 41.5 Å². The lowest BCUT2D eigenvalue weighted by Gasteiger charge is -2.36. The van der Waals surface area contributed by atoms with Crippen molar-refractivity contribution in [3.8, 4) is 0 Å². The lowest BCUT2D eigenvalue weighted by Crippen LogP contribution is -2.37. The summed E-state index contributed by atoms with van der Waals surface area (Å²) in [5.41, 5.74) is -0.696. The molecule has 0 heterocycles. The van der Waals surface area contributed by atoms with Crippen LogP contribution in [0.25, 0.3) is 0 Å². The second-order valence-corrected chi connectivity index (χ2v) is 7.03. The molecular formula is C16H34O2. The van der Waals surface area contributed by atoms with E-state index in [1.807, 2.05) is 13.8 Å². The zero-order valence-electron chi connectivity index (χ0n) is 13.7. The van der Waals surface area contributed by atoms with E-state index in [0.29, 0.717) is 17.8 Å². The standard InChI is InChI=1S/C16H34O2/c1-9-14(15(5,6)17)10-11-18-16(7,8)13(4)12(2)3/h12-14,17H,9-11H2,1-8H3. The summed E-state index contributed by atoms with van der Waals surface area (Å²) in [6, 6.07) is 0. The van der Waals surface area contributed by atoms with E-state index in [1.165, 1.54) is 0 Å². The van der Waals surface area contributed by atoms with Crippen LogP contribution in [0.2, 0.25) is 0 Å². The summed E-state index contributed by atoms with van der Waals surface area (Å²) in [6.45, 7) is 17.7. The molecule has 0 rings (SSSR count). The van der Waals surface area contributed by atoms with Crippen LogP contribution >= 0.6 is 0 Å². The summed E-state index contributed by atoms with van der Waals surface area (Å²) in [4.78, 5) is 0. The number of ether oxygens (including phenoxy) is 1. The smallest absolute Gasteiger partial charge is 0.0654 e. The highest BCUT2D eigenvalue weighted by atomic mass is 16.5. The van der Waals surface area contributed by atoms with Crippen LogP contribution in [0.5, 0.6) is 0 Å². The predicted molar refractivity (Wildman–Crippen MR) is 78.7 cm³/mol. The average Bonchev–Trinajstić information content (AvgIpc) is 2.21. The number of hydrogen-bond donors (Lipinski definition) is 1. The molecule has 2 nitrogen and oxygen atoms in total. The number of aliphatic hydroxyl groups is 1. The summed E-state index contributed by atoms with van der Waals surface area (Å²) < 4.78 is 6.07. The van der Waals surface area contributed by atoms with Crippen molar-refractivity contribution in [1.82, 2.24) is 0 Å². The van der Waals surface area contributed by atoms with Crippen molar-refractivity contribution < 1.29 is 9.84 Å². The van der Waals surface area contributed by atoms with Gasteiger partial charge in [0.05, 0.1) is 11.2 Å². The van der Waals surface area contributed by atoms with E-state index >= 15 is 0 Å². The monoisotopic (exact) mass is 258 g/mol. The largest absolute Gasteiger partial charge is 0.390 e. The third-order valence-corrected chi connectivity index (χ3v) is 4.53. The molecule has 0 saturated heterocycles. The summed E-state index contributed by atoms with van der Waals surface area (Å²) in [7, 11) is 0. The Morgan fingerprint density at radius 3 is 1.89 bits per heavy atom. The van der Waals surface area contributed by atoms with E-state index in [0.717, 1.165) is 19.4 Å². The Kier molecular flexibility index (Phi) is 6.87. The maximum atomic E-state index is 10.0. The van der Waals surface area contributed by atoms with E-state index in [1.54, 1.807) is 0 Å². The zero-order valence-corrected chi connectivity index (χ0v) is 13.7. The van der Waals surface area contributed by atoms with Crippen LogP contribution in [0, 0.1) is 17.8 Å². The van der Waals surface area contributed by atoms with Gasteiger partial charge in [-0.1, -0.05) is 34.1 Å². The lowest BCUT2D eigenvalue weighted by molar-refractivity contribution is -0.0824. The molecule has 18 heavy (non-hydrogen) atoms. The van der Waals surface area contributed by atoms with Gasteiger partial charge in [-0.2, -0.15) is 0 Å². The van der Waals surface area contributed by atoms with Gasteiger partial charge in [0.1, 0.15) is 0 Å². The molecule has 0 radical (unpaired) electrons. The van der Waals surface area contributed by atoms with Gasteiger partial charge in [0.2, 0.25) is 0 Å². The second kappa shape index (κ2) is 6.91. The first-order valence-electron chi connectivity index (χ1n) is 7.38. The molecule has 0 spiro atoms. The van der Waals surface area contributed by atoms with Crippen LogP contribution < -0.4 is 0 Å². The average molecular weight is 258 g/mol. The van der Waals surface area contributed by atoms with Crippen molar-refractivity contribution in [2.24, 2.45) is 17.8 Å². The Bertz CT molecular complexity index is 226. The Hall–Kier alpha value is -0.0800. The summed E-state index contributed by atoms with van der Waals surface area (Å²) in [5.74, 6) is 1.46. The minimum Gasteiger partial charge on any atom is -0.390 e. The Labute approximate surface area is 114 Å². The fourth-order valence-corrected chi connectivity index (χ4v) is 2.46. The summed E-state index contributed by atoms with van der Waals surface area (Å²) in [6.07, 6.45) is 1.92. The van der Waals surface area contributed by atoms with Gasteiger partial charge >= 0.3 is 0 Å². The first-order valence-corrected chi connectivity index (χ1v) is 7.38. The highest BCUT2D eigenvalue weighted by molar-refractivity contribution is 4.80. The highest BCUT2D eigenvalue weighted by Crippen LogP contribution is 2.29. The summed E-state index contributed by atoms with van der Waals surface area (Å²) in [5, 5.41) is 10.0. The topological polar surface area (TPSA) is 29.5 Å². The molecule has 110 valence electrons. The normalized spacial score (nSPS) is 17.0. The Morgan fingerprint density at radius 1 is 1.06 bits per heavy atom. The number of rotatable bonds is 8. The van der Waals surface area contributed by atoms with Crippen LogP contribution in [-0.2, 0) is 4.74 Å². The molecule has 0 aromatic carbocycles. The molecule has 2 heteroatoms. The molecule has 1 N–H and O–H groups in total.